The zero-order valence-corrected chi connectivity index (χ0v) is 17.5. The maximum atomic E-state index is 13.4. The van der Waals surface area contributed by atoms with Gasteiger partial charge in [0.1, 0.15) is 10.7 Å². The number of amides is 1. The average Bonchev–Trinajstić information content (AvgIpc) is 3.10. The molecule has 0 bridgehead atoms. The van der Waals surface area contributed by atoms with Gasteiger partial charge < -0.3 is 9.80 Å². The molecule has 0 spiro atoms. The Kier molecular flexibility index (Phi) is 5.74. The highest BCUT2D eigenvalue weighted by atomic mass is 32.1. The number of piperazine rings is 1. The van der Waals surface area contributed by atoms with Gasteiger partial charge in [-0.1, -0.05) is 42.5 Å². The molecule has 1 atom stereocenters. The maximum absolute atomic E-state index is 13.4. The number of aryl methyl sites for hydroxylation is 1. The van der Waals surface area contributed by atoms with Gasteiger partial charge in [-0.05, 0) is 37.2 Å². The van der Waals surface area contributed by atoms with Crippen LogP contribution in [0.15, 0.2) is 54.6 Å². The second-order valence-electron chi connectivity index (χ2n) is 7.51. The van der Waals surface area contributed by atoms with E-state index in [0.29, 0.717) is 17.8 Å². The van der Waals surface area contributed by atoms with E-state index in [-0.39, 0.29) is 17.8 Å². The van der Waals surface area contributed by atoms with E-state index in [9.17, 15) is 9.18 Å². The molecular weight excluding hydrogens is 385 g/mol. The summed E-state index contributed by atoms with van der Waals surface area (Å²) >= 11 is 1.45. The maximum Gasteiger partial charge on any atom is 0.266 e. The monoisotopic (exact) mass is 409 g/mol. The van der Waals surface area contributed by atoms with Gasteiger partial charge in [0.15, 0.2) is 0 Å². The molecule has 4 nitrogen and oxygen atoms in total. The molecular formula is C23H24FN3OS. The smallest absolute Gasteiger partial charge is 0.266 e. The Morgan fingerprint density at radius 3 is 2.59 bits per heavy atom. The Hall–Kier alpha value is -2.57. The molecule has 1 aliphatic heterocycles. The highest BCUT2D eigenvalue weighted by Gasteiger charge is 2.32. The van der Waals surface area contributed by atoms with Gasteiger partial charge in [-0.25, -0.2) is 9.37 Å². The van der Waals surface area contributed by atoms with Crippen LogP contribution in [0.4, 0.5) is 4.39 Å². The molecule has 1 amide bonds. The summed E-state index contributed by atoms with van der Waals surface area (Å²) in [6.07, 6.45) is 0.601. The average molecular weight is 410 g/mol. The fourth-order valence-electron chi connectivity index (χ4n) is 3.76. The quantitative estimate of drug-likeness (QED) is 0.644. The Labute approximate surface area is 174 Å². The summed E-state index contributed by atoms with van der Waals surface area (Å²) in [5.74, 6) is -0.200. The van der Waals surface area contributed by atoms with E-state index in [1.54, 1.807) is 12.1 Å². The van der Waals surface area contributed by atoms with Crippen molar-refractivity contribution in [2.45, 2.75) is 19.4 Å². The Morgan fingerprint density at radius 2 is 1.86 bits per heavy atom. The summed E-state index contributed by atoms with van der Waals surface area (Å²) in [6, 6.07) is 16.7. The van der Waals surface area contributed by atoms with Crippen molar-refractivity contribution >= 4 is 17.2 Å². The van der Waals surface area contributed by atoms with Gasteiger partial charge in [-0.2, -0.15) is 0 Å². The SMILES string of the molecule is Cc1nc(Cc2ccc(F)cc2)sc1C(=O)N1CCN(C)CC1c1ccccc1. The van der Waals surface area contributed by atoms with Crippen LogP contribution in [0.5, 0.6) is 0 Å². The summed E-state index contributed by atoms with van der Waals surface area (Å²) in [5.41, 5.74) is 2.91. The minimum Gasteiger partial charge on any atom is -0.328 e. The number of likely N-dealkylation sites (N-methyl/N-ethyl adjacent to an activating group) is 1. The molecule has 0 N–H and O–H groups in total. The van der Waals surface area contributed by atoms with E-state index in [1.165, 1.54) is 23.5 Å². The van der Waals surface area contributed by atoms with Crippen LogP contribution in [0.1, 0.15) is 37.5 Å². The van der Waals surface area contributed by atoms with Gasteiger partial charge in [0.2, 0.25) is 0 Å². The minimum atomic E-state index is -0.248. The molecule has 1 fully saturated rings. The van der Waals surface area contributed by atoms with Gasteiger partial charge in [0.05, 0.1) is 16.7 Å². The Bertz CT molecular complexity index is 987. The van der Waals surface area contributed by atoms with Crippen LogP contribution in [0.25, 0.3) is 0 Å². The van der Waals surface area contributed by atoms with Crippen molar-refractivity contribution < 1.29 is 9.18 Å². The summed E-state index contributed by atoms with van der Waals surface area (Å²) in [4.78, 5) is 23.0. The van der Waals surface area contributed by atoms with Crippen molar-refractivity contribution in [3.05, 3.63) is 87.1 Å². The lowest BCUT2D eigenvalue weighted by atomic mass is 10.0. The summed E-state index contributed by atoms with van der Waals surface area (Å²) < 4.78 is 13.1. The third-order valence-corrected chi connectivity index (χ3v) is 6.48. The van der Waals surface area contributed by atoms with E-state index >= 15 is 0 Å². The van der Waals surface area contributed by atoms with Crippen molar-refractivity contribution in [1.82, 2.24) is 14.8 Å². The molecule has 0 radical (unpaired) electrons. The lowest BCUT2D eigenvalue weighted by Crippen LogP contribution is -2.49. The molecule has 6 heteroatoms. The van der Waals surface area contributed by atoms with E-state index in [4.69, 9.17) is 0 Å². The largest absolute Gasteiger partial charge is 0.328 e. The van der Waals surface area contributed by atoms with Crippen molar-refractivity contribution in [3.8, 4) is 0 Å². The van der Waals surface area contributed by atoms with Crippen molar-refractivity contribution in [2.75, 3.05) is 26.7 Å². The van der Waals surface area contributed by atoms with Crippen LogP contribution >= 0.6 is 11.3 Å². The second-order valence-corrected chi connectivity index (χ2v) is 8.60. The van der Waals surface area contributed by atoms with Crippen LogP contribution in [-0.2, 0) is 6.42 Å². The first-order chi connectivity index (χ1) is 14.0. The predicted octanol–water partition coefficient (Wildman–Crippen LogP) is 4.31. The molecule has 1 aliphatic rings. The molecule has 0 saturated carbocycles. The van der Waals surface area contributed by atoms with Crippen LogP contribution < -0.4 is 0 Å². The zero-order chi connectivity index (χ0) is 20.4. The standard InChI is InChI=1S/C23H24FN3OS/c1-16-22(29-21(25-16)14-17-8-10-19(24)11-9-17)23(28)27-13-12-26(2)15-20(27)18-6-4-3-5-7-18/h3-11,20H,12-15H2,1-2H3. The highest BCUT2D eigenvalue weighted by Crippen LogP contribution is 2.30. The molecule has 0 aliphatic carbocycles. The first-order valence-electron chi connectivity index (χ1n) is 9.76. The van der Waals surface area contributed by atoms with Gasteiger partial charge >= 0.3 is 0 Å². The first-order valence-corrected chi connectivity index (χ1v) is 10.6. The van der Waals surface area contributed by atoms with E-state index in [0.717, 1.165) is 34.9 Å². The zero-order valence-electron chi connectivity index (χ0n) is 16.6. The molecule has 150 valence electrons. The van der Waals surface area contributed by atoms with Crippen LogP contribution in [-0.4, -0.2) is 47.4 Å². The number of carbonyl (C=O) groups is 1. The number of aromatic nitrogens is 1. The molecule has 3 aromatic rings. The first kappa shape index (κ1) is 19.7. The second kappa shape index (κ2) is 8.43. The summed E-state index contributed by atoms with van der Waals surface area (Å²) in [5, 5.41) is 0.878. The molecule has 4 rings (SSSR count). The van der Waals surface area contributed by atoms with E-state index in [2.05, 4.69) is 29.1 Å². The predicted molar refractivity (Wildman–Crippen MR) is 114 cm³/mol. The van der Waals surface area contributed by atoms with Gasteiger partial charge in [-0.3, -0.25) is 4.79 Å². The fraction of sp³-hybridized carbons (Fsp3) is 0.304. The number of thiazole rings is 1. The Balaban J connectivity index is 1.58. The molecule has 1 unspecified atom stereocenters. The molecule has 1 aromatic heterocycles. The van der Waals surface area contributed by atoms with Crippen molar-refractivity contribution in [1.29, 1.82) is 0 Å². The van der Waals surface area contributed by atoms with Crippen LogP contribution in [0.2, 0.25) is 0 Å². The normalized spacial score (nSPS) is 17.5. The van der Waals surface area contributed by atoms with E-state index < -0.39 is 0 Å². The molecule has 29 heavy (non-hydrogen) atoms. The number of rotatable bonds is 4. The third kappa shape index (κ3) is 4.38. The van der Waals surface area contributed by atoms with Gasteiger partial charge in [0.25, 0.3) is 5.91 Å². The Morgan fingerprint density at radius 1 is 1.14 bits per heavy atom. The number of nitrogens with zero attached hydrogens (tertiary/aromatic N) is 3. The fourth-order valence-corrected chi connectivity index (χ4v) is 4.81. The molecule has 1 saturated heterocycles. The van der Waals surface area contributed by atoms with Crippen molar-refractivity contribution in [3.63, 3.8) is 0 Å². The topological polar surface area (TPSA) is 36.4 Å². The molecule has 2 heterocycles. The lowest BCUT2D eigenvalue weighted by molar-refractivity contribution is 0.0502. The van der Waals surface area contributed by atoms with E-state index in [1.807, 2.05) is 30.0 Å². The van der Waals surface area contributed by atoms with Gasteiger partial charge in [0, 0.05) is 26.1 Å². The number of hydrogen-bond acceptors (Lipinski definition) is 4. The third-order valence-electron chi connectivity index (χ3n) is 5.33. The minimum absolute atomic E-state index is 0.0319. The number of benzene rings is 2. The van der Waals surface area contributed by atoms with Crippen LogP contribution in [0, 0.1) is 12.7 Å². The number of halogens is 1. The summed E-state index contributed by atoms with van der Waals surface area (Å²) in [6.45, 7) is 4.26. The highest BCUT2D eigenvalue weighted by molar-refractivity contribution is 7.13. The van der Waals surface area contributed by atoms with Gasteiger partial charge in [-0.15, -0.1) is 11.3 Å². The van der Waals surface area contributed by atoms with Crippen LogP contribution in [0.3, 0.4) is 0 Å². The molecule has 2 aromatic carbocycles. The number of hydrogen-bond donors (Lipinski definition) is 0. The lowest BCUT2D eigenvalue weighted by Gasteiger charge is -2.40. The number of carbonyl (C=O) groups excluding carboxylic acids is 1. The van der Waals surface area contributed by atoms with Crippen molar-refractivity contribution in [2.24, 2.45) is 0 Å². The summed E-state index contributed by atoms with van der Waals surface area (Å²) in [7, 11) is 2.09.